The van der Waals surface area contributed by atoms with E-state index >= 15 is 0 Å². The third kappa shape index (κ3) is 3.31. The minimum atomic E-state index is -5.08. The molecule has 0 aliphatic carbocycles. The number of fused-ring (bicyclic) bond motifs is 1. The van der Waals surface area contributed by atoms with Crippen molar-refractivity contribution in [3.05, 3.63) is 66.1 Å². The average Bonchev–Trinajstić information content (AvgIpc) is 3.01. The Kier molecular flexibility index (Phi) is 4.17. The van der Waals surface area contributed by atoms with Crippen molar-refractivity contribution < 1.29 is 27.8 Å². The second kappa shape index (κ2) is 6.17. The van der Waals surface area contributed by atoms with Crippen molar-refractivity contribution in [1.82, 2.24) is 14.6 Å². The van der Waals surface area contributed by atoms with Gasteiger partial charge in [-0.3, -0.25) is 9.53 Å². The van der Waals surface area contributed by atoms with Crippen molar-refractivity contribution in [3.8, 4) is 0 Å². The molecule has 9 heteroatoms. The molecule has 2 heterocycles. The van der Waals surface area contributed by atoms with Crippen molar-refractivity contribution in [2.24, 2.45) is 0 Å². The minimum absolute atomic E-state index is 0.0396. The molecule has 0 saturated carbocycles. The lowest BCUT2D eigenvalue weighted by Crippen LogP contribution is -2.40. The average molecular weight is 351 g/mol. The topological polar surface area (TPSA) is 76.7 Å². The molecule has 0 spiro atoms. The molecule has 0 aliphatic heterocycles. The van der Waals surface area contributed by atoms with Crippen LogP contribution in [0.1, 0.15) is 17.7 Å². The third-order valence-corrected chi connectivity index (χ3v) is 3.63. The maximum atomic E-state index is 13.2. The summed E-state index contributed by atoms with van der Waals surface area (Å²) in [4.78, 5) is 15.4. The van der Waals surface area contributed by atoms with Crippen LogP contribution in [0.15, 0.2) is 54.9 Å². The summed E-state index contributed by atoms with van der Waals surface area (Å²) in [5.41, 5.74) is -2.10. The minimum Gasteiger partial charge on any atom is -0.481 e. The lowest BCUT2D eigenvalue weighted by molar-refractivity contribution is -0.364. The highest BCUT2D eigenvalue weighted by molar-refractivity contribution is 5.70. The molecule has 0 bridgehead atoms. The first-order chi connectivity index (χ1) is 11.8. The fraction of sp³-hybridized carbons (Fsp3) is 0.188. The molecule has 0 aliphatic rings. The summed E-state index contributed by atoms with van der Waals surface area (Å²) in [6, 6.07) is 10.1. The van der Waals surface area contributed by atoms with Gasteiger partial charge in [-0.2, -0.15) is 5.10 Å². The van der Waals surface area contributed by atoms with Gasteiger partial charge in [-0.25, -0.2) is 9.50 Å². The molecular formula is C16H12F3N3O3. The number of rotatable bonds is 5. The predicted molar refractivity (Wildman–Crippen MR) is 79.6 cm³/mol. The highest BCUT2D eigenvalue weighted by Gasteiger charge is 2.49. The monoisotopic (exact) mass is 351 g/mol. The maximum absolute atomic E-state index is 13.2. The van der Waals surface area contributed by atoms with Gasteiger partial charge in [0.2, 0.25) is 0 Å². The van der Waals surface area contributed by atoms with E-state index in [-0.39, 0.29) is 16.9 Å². The molecule has 25 heavy (non-hydrogen) atoms. The van der Waals surface area contributed by atoms with Crippen LogP contribution in [0.4, 0.5) is 13.2 Å². The number of hydrogen-bond donors (Lipinski definition) is 1. The van der Waals surface area contributed by atoms with E-state index in [1.165, 1.54) is 48.8 Å². The van der Waals surface area contributed by atoms with Crippen LogP contribution in [-0.4, -0.2) is 32.0 Å². The number of nitrogens with zero attached hydrogens (tertiary/aromatic N) is 3. The number of aromatic nitrogens is 3. The Morgan fingerprint density at radius 3 is 2.48 bits per heavy atom. The molecule has 2 aromatic heterocycles. The molecular weight excluding hydrogens is 339 g/mol. The Bertz CT molecular complexity index is 896. The van der Waals surface area contributed by atoms with Crippen molar-refractivity contribution in [1.29, 1.82) is 0 Å². The van der Waals surface area contributed by atoms with Gasteiger partial charge in [0.1, 0.15) is 0 Å². The van der Waals surface area contributed by atoms with Gasteiger partial charge in [-0.15, -0.1) is 13.2 Å². The summed E-state index contributed by atoms with van der Waals surface area (Å²) in [7, 11) is 0. The summed E-state index contributed by atoms with van der Waals surface area (Å²) < 4.78 is 45.3. The van der Waals surface area contributed by atoms with Crippen molar-refractivity contribution >= 4 is 11.6 Å². The first kappa shape index (κ1) is 16.9. The molecule has 3 aromatic rings. The summed E-state index contributed by atoms with van der Waals surface area (Å²) >= 11 is 0. The van der Waals surface area contributed by atoms with Crippen LogP contribution in [0.25, 0.3) is 5.65 Å². The summed E-state index contributed by atoms with van der Waals surface area (Å²) in [6.07, 6.45) is -3.38. The third-order valence-electron chi connectivity index (χ3n) is 3.63. The molecule has 130 valence electrons. The van der Waals surface area contributed by atoms with Crippen molar-refractivity contribution in [3.63, 3.8) is 0 Å². The Morgan fingerprint density at radius 1 is 1.12 bits per heavy atom. The number of aliphatic carboxylic acids is 1. The summed E-state index contributed by atoms with van der Waals surface area (Å²) in [6.45, 7) is 0. The van der Waals surface area contributed by atoms with Gasteiger partial charge >= 0.3 is 12.3 Å². The van der Waals surface area contributed by atoms with Crippen LogP contribution in [0.3, 0.4) is 0 Å². The van der Waals surface area contributed by atoms with E-state index in [1.807, 2.05) is 0 Å². The van der Waals surface area contributed by atoms with Gasteiger partial charge in [-0.05, 0) is 11.6 Å². The first-order valence-corrected chi connectivity index (χ1v) is 7.15. The van der Waals surface area contributed by atoms with E-state index < -0.39 is 24.4 Å². The number of carboxylic acids is 1. The molecule has 0 fully saturated rings. The second-order valence-electron chi connectivity index (χ2n) is 5.24. The Labute approximate surface area is 139 Å². The van der Waals surface area contributed by atoms with Gasteiger partial charge in [0, 0.05) is 12.3 Å². The summed E-state index contributed by atoms with van der Waals surface area (Å²) in [5.74, 6) is -1.45. The van der Waals surface area contributed by atoms with Crippen LogP contribution >= 0.6 is 0 Å². The van der Waals surface area contributed by atoms with Crippen LogP contribution in [-0.2, 0) is 15.1 Å². The number of carboxylic acid groups (broad SMARTS) is 1. The Balaban J connectivity index is 2.33. The van der Waals surface area contributed by atoms with Gasteiger partial charge in [-0.1, -0.05) is 30.3 Å². The molecule has 0 saturated heterocycles. The molecule has 0 radical (unpaired) electrons. The highest BCUT2D eigenvalue weighted by atomic mass is 19.4. The van der Waals surface area contributed by atoms with Crippen molar-refractivity contribution in [2.75, 3.05) is 0 Å². The smallest absolute Gasteiger partial charge is 0.481 e. The Morgan fingerprint density at radius 2 is 1.84 bits per heavy atom. The number of hydrogen-bond acceptors (Lipinski definition) is 4. The lowest BCUT2D eigenvalue weighted by atomic mass is 9.86. The normalized spacial score (nSPS) is 14.4. The molecule has 0 amide bonds. The molecule has 1 atom stereocenters. The van der Waals surface area contributed by atoms with E-state index in [0.717, 1.165) is 4.52 Å². The zero-order valence-electron chi connectivity index (χ0n) is 12.6. The lowest BCUT2D eigenvalue weighted by Gasteiger charge is -2.34. The number of alkyl halides is 3. The number of carbonyl (C=O) groups is 1. The van der Waals surface area contributed by atoms with E-state index in [2.05, 4.69) is 14.8 Å². The van der Waals surface area contributed by atoms with Gasteiger partial charge in [0.25, 0.3) is 0 Å². The molecule has 1 N–H and O–H groups in total. The zero-order valence-corrected chi connectivity index (χ0v) is 12.6. The fourth-order valence-corrected chi connectivity index (χ4v) is 2.75. The largest absolute Gasteiger partial charge is 0.523 e. The van der Waals surface area contributed by atoms with E-state index in [4.69, 9.17) is 0 Å². The van der Waals surface area contributed by atoms with Crippen molar-refractivity contribution in [2.45, 2.75) is 18.4 Å². The highest BCUT2D eigenvalue weighted by Crippen LogP contribution is 2.41. The van der Waals surface area contributed by atoms with Gasteiger partial charge in [0.05, 0.1) is 18.3 Å². The van der Waals surface area contributed by atoms with E-state index in [0.29, 0.717) is 0 Å². The standard InChI is InChI=1S/C16H12F3N3O3/c17-16(18,19)25-15(10-14(23)24,11-4-2-1-3-5-11)12-6-8-20-13-7-9-21-22(12)13/h1-9H,10H2,(H,23,24). The van der Waals surface area contributed by atoms with Crippen LogP contribution < -0.4 is 0 Å². The van der Waals surface area contributed by atoms with Crippen LogP contribution in [0, 0.1) is 0 Å². The second-order valence-corrected chi connectivity index (χ2v) is 5.24. The predicted octanol–water partition coefficient (Wildman–Crippen LogP) is 2.98. The zero-order chi connectivity index (χ0) is 18.1. The molecule has 6 nitrogen and oxygen atoms in total. The fourth-order valence-electron chi connectivity index (χ4n) is 2.75. The van der Waals surface area contributed by atoms with Gasteiger partial charge < -0.3 is 5.11 Å². The van der Waals surface area contributed by atoms with Gasteiger partial charge in [0.15, 0.2) is 11.2 Å². The summed E-state index contributed by atoms with van der Waals surface area (Å²) in [5, 5.41) is 13.3. The molecule has 3 rings (SSSR count). The van der Waals surface area contributed by atoms with Crippen LogP contribution in [0.5, 0.6) is 0 Å². The van der Waals surface area contributed by atoms with Crippen LogP contribution in [0.2, 0.25) is 0 Å². The molecule has 1 unspecified atom stereocenters. The first-order valence-electron chi connectivity index (χ1n) is 7.15. The number of ether oxygens (including phenoxy) is 1. The molecule has 1 aromatic carbocycles. The van der Waals surface area contributed by atoms with E-state index in [9.17, 15) is 23.1 Å². The number of halogens is 3. The van der Waals surface area contributed by atoms with E-state index in [1.54, 1.807) is 6.07 Å². The number of benzene rings is 1. The Hall–Kier alpha value is -2.94. The maximum Gasteiger partial charge on any atom is 0.523 e. The quantitative estimate of drug-likeness (QED) is 0.765. The SMILES string of the molecule is O=C(O)CC(OC(F)(F)F)(c1ccccc1)c1ccnc2ccnn12.